The van der Waals surface area contributed by atoms with Crippen LogP contribution >= 0.6 is 0 Å². The van der Waals surface area contributed by atoms with Gasteiger partial charge in [-0.15, -0.1) is 0 Å². The fourth-order valence-corrected chi connectivity index (χ4v) is 5.39. The minimum absolute atomic E-state index is 0.0829. The van der Waals surface area contributed by atoms with Crippen molar-refractivity contribution in [3.63, 3.8) is 0 Å². The summed E-state index contributed by atoms with van der Waals surface area (Å²) in [6.45, 7) is 0.988. The minimum Gasteiger partial charge on any atom is -0.342 e. The van der Waals surface area contributed by atoms with Gasteiger partial charge in [0.2, 0.25) is 15.8 Å². The van der Waals surface area contributed by atoms with Gasteiger partial charge in [0.15, 0.2) is 0 Å². The summed E-state index contributed by atoms with van der Waals surface area (Å²) in [4.78, 5) is 41.1. The van der Waals surface area contributed by atoms with Crippen LogP contribution in [-0.2, 0) is 21.2 Å². The first-order valence-corrected chi connectivity index (χ1v) is 13.5. The van der Waals surface area contributed by atoms with Crippen LogP contribution < -0.4 is 0 Å². The summed E-state index contributed by atoms with van der Waals surface area (Å²) in [5.74, 6) is -1.71. The first-order valence-electron chi connectivity index (χ1n) is 11.6. The summed E-state index contributed by atoms with van der Waals surface area (Å²) in [6, 6.07) is 10.7. The van der Waals surface area contributed by atoms with E-state index in [0.717, 1.165) is 40.0 Å². The van der Waals surface area contributed by atoms with E-state index in [-0.39, 0.29) is 28.4 Å². The predicted molar refractivity (Wildman–Crippen MR) is 134 cm³/mol. The molecule has 0 unspecified atom stereocenters. The third kappa shape index (κ3) is 5.18. The zero-order chi connectivity index (χ0) is 26.2. The molecule has 0 atom stereocenters. The van der Waals surface area contributed by atoms with Gasteiger partial charge in [-0.25, -0.2) is 16.8 Å². The molecule has 1 aliphatic rings. The average Bonchev–Trinajstić information content (AvgIpc) is 3.24. The molecular formula is C26H28FN3O5S. The smallest absolute Gasteiger partial charge is 0.294 e. The molecule has 1 aromatic heterocycles. The maximum Gasteiger partial charge on any atom is 0.294 e. The summed E-state index contributed by atoms with van der Waals surface area (Å²) in [5, 5.41) is 0.302. The number of rotatable bonds is 6. The van der Waals surface area contributed by atoms with E-state index >= 15 is 0 Å². The molecule has 0 bridgehead atoms. The number of carbonyl (C=O) groups excluding carboxylic acids is 3. The molecule has 2 aromatic carbocycles. The number of ketones is 1. The quantitative estimate of drug-likeness (QED) is 0.373. The Morgan fingerprint density at radius 3 is 2.25 bits per heavy atom. The number of amides is 2. The van der Waals surface area contributed by atoms with Crippen LogP contribution in [0, 0.1) is 11.7 Å². The maximum atomic E-state index is 13.5. The molecule has 1 saturated heterocycles. The molecule has 4 rings (SSSR count). The van der Waals surface area contributed by atoms with Crippen LogP contribution in [0.25, 0.3) is 10.9 Å². The number of likely N-dealkylation sites (N-methyl/N-ethyl adjacent to an activating group) is 1. The molecule has 1 aliphatic heterocycles. The van der Waals surface area contributed by atoms with E-state index in [0.29, 0.717) is 24.4 Å². The van der Waals surface area contributed by atoms with Gasteiger partial charge in [0, 0.05) is 44.3 Å². The highest BCUT2D eigenvalue weighted by Gasteiger charge is 2.28. The molecule has 8 nitrogen and oxygen atoms in total. The zero-order valence-electron chi connectivity index (χ0n) is 20.4. The SMILES string of the molecule is CN(C)C(=O)C(=O)c1ccc2c(c1)c(C(=O)N1CCC(Cc3ccc(F)cc3)CC1)cn2S(C)(=O)=O. The second-order valence-electron chi connectivity index (χ2n) is 9.43. The number of Topliss-reactive ketones (excluding diaryl/α,β-unsaturated/α-hetero) is 1. The van der Waals surface area contributed by atoms with E-state index in [2.05, 4.69) is 0 Å². The van der Waals surface area contributed by atoms with Crippen LogP contribution in [0.2, 0.25) is 0 Å². The topological polar surface area (TPSA) is 96.8 Å². The molecule has 10 heteroatoms. The number of piperidine rings is 1. The summed E-state index contributed by atoms with van der Waals surface area (Å²) in [7, 11) is -0.791. The lowest BCUT2D eigenvalue weighted by atomic mass is 9.90. The normalized spacial score (nSPS) is 14.7. The summed E-state index contributed by atoms with van der Waals surface area (Å²) < 4.78 is 39.0. The highest BCUT2D eigenvalue weighted by Crippen LogP contribution is 2.28. The number of nitrogens with zero attached hydrogens (tertiary/aromatic N) is 3. The molecule has 1 fully saturated rings. The van der Waals surface area contributed by atoms with Gasteiger partial charge in [-0.05, 0) is 61.1 Å². The summed E-state index contributed by atoms with van der Waals surface area (Å²) in [5.41, 5.74) is 1.56. The summed E-state index contributed by atoms with van der Waals surface area (Å²) in [6.07, 6.45) is 4.64. The first-order chi connectivity index (χ1) is 17.0. The van der Waals surface area contributed by atoms with Crippen molar-refractivity contribution in [1.82, 2.24) is 13.8 Å². The molecule has 0 spiro atoms. The van der Waals surface area contributed by atoms with Crippen LogP contribution in [-0.4, -0.2) is 73.2 Å². The Kier molecular flexibility index (Phi) is 6.99. The lowest BCUT2D eigenvalue weighted by molar-refractivity contribution is -0.124. The first kappa shape index (κ1) is 25.6. The van der Waals surface area contributed by atoms with Gasteiger partial charge in [0.05, 0.1) is 17.3 Å². The fraction of sp³-hybridized carbons (Fsp3) is 0.346. The molecule has 3 aromatic rings. The Balaban J connectivity index is 1.60. The van der Waals surface area contributed by atoms with E-state index in [1.54, 1.807) is 17.0 Å². The fourth-order valence-electron chi connectivity index (χ4n) is 4.58. The summed E-state index contributed by atoms with van der Waals surface area (Å²) >= 11 is 0. The third-order valence-corrected chi connectivity index (χ3v) is 7.58. The number of hydrogen-bond donors (Lipinski definition) is 0. The number of aromatic nitrogens is 1. The van der Waals surface area contributed by atoms with Gasteiger partial charge in [-0.3, -0.25) is 14.4 Å². The largest absolute Gasteiger partial charge is 0.342 e. The molecule has 36 heavy (non-hydrogen) atoms. The second-order valence-corrected chi connectivity index (χ2v) is 11.3. The third-order valence-electron chi connectivity index (χ3n) is 6.56. The maximum absolute atomic E-state index is 13.5. The minimum atomic E-state index is -3.72. The molecule has 0 radical (unpaired) electrons. The van der Waals surface area contributed by atoms with Crippen molar-refractivity contribution in [2.75, 3.05) is 33.4 Å². The van der Waals surface area contributed by atoms with Gasteiger partial charge in [-0.2, -0.15) is 0 Å². The molecule has 0 saturated carbocycles. The standard InChI is InChI=1S/C26H28FN3O5S/c1-28(2)26(33)24(31)19-6-9-23-21(15-19)22(16-30(23)36(3,34)35)25(32)29-12-10-18(11-13-29)14-17-4-7-20(27)8-5-17/h4-9,15-16,18H,10-14H2,1-3H3. The van der Waals surface area contributed by atoms with Crippen molar-refractivity contribution in [3.05, 3.63) is 71.2 Å². The Morgan fingerprint density at radius 1 is 1.03 bits per heavy atom. The number of benzene rings is 2. The number of halogens is 1. The lowest BCUT2D eigenvalue weighted by Crippen LogP contribution is -2.38. The van der Waals surface area contributed by atoms with Gasteiger partial charge in [0.1, 0.15) is 5.82 Å². The van der Waals surface area contributed by atoms with E-state index in [4.69, 9.17) is 0 Å². The number of likely N-dealkylation sites (tertiary alicyclic amines) is 1. The van der Waals surface area contributed by atoms with Crippen molar-refractivity contribution < 1.29 is 27.2 Å². The van der Waals surface area contributed by atoms with Crippen molar-refractivity contribution in [3.8, 4) is 0 Å². The molecule has 0 aliphatic carbocycles. The average molecular weight is 514 g/mol. The second kappa shape index (κ2) is 9.85. The van der Waals surface area contributed by atoms with Crippen molar-refractivity contribution in [2.24, 2.45) is 5.92 Å². The number of hydrogen-bond acceptors (Lipinski definition) is 5. The lowest BCUT2D eigenvalue weighted by Gasteiger charge is -2.32. The highest BCUT2D eigenvalue weighted by atomic mass is 32.2. The number of carbonyl (C=O) groups is 3. The Hall–Kier alpha value is -3.53. The van der Waals surface area contributed by atoms with Crippen LogP contribution in [0.15, 0.2) is 48.7 Å². The molecule has 2 amide bonds. The molecular weight excluding hydrogens is 485 g/mol. The van der Waals surface area contributed by atoms with Gasteiger partial charge < -0.3 is 9.80 Å². The Labute approximate surface area is 209 Å². The monoisotopic (exact) mass is 513 g/mol. The van der Waals surface area contributed by atoms with E-state index < -0.39 is 21.7 Å². The van der Waals surface area contributed by atoms with Crippen LogP contribution in [0.1, 0.15) is 39.1 Å². The van der Waals surface area contributed by atoms with Crippen LogP contribution in [0.5, 0.6) is 0 Å². The van der Waals surface area contributed by atoms with Crippen molar-refractivity contribution in [2.45, 2.75) is 19.3 Å². The predicted octanol–water partition coefficient (Wildman–Crippen LogP) is 2.95. The van der Waals surface area contributed by atoms with Gasteiger partial charge >= 0.3 is 0 Å². The molecule has 190 valence electrons. The van der Waals surface area contributed by atoms with E-state index in [1.165, 1.54) is 50.6 Å². The molecule has 2 heterocycles. The van der Waals surface area contributed by atoms with E-state index in [1.807, 2.05) is 0 Å². The Morgan fingerprint density at radius 2 is 1.67 bits per heavy atom. The van der Waals surface area contributed by atoms with E-state index in [9.17, 15) is 27.2 Å². The Bertz CT molecular complexity index is 1440. The van der Waals surface area contributed by atoms with Crippen LogP contribution in [0.3, 0.4) is 0 Å². The van der Waals surface area contributed by atoms with Crippen LogP contribution in [0.4, 0.5) is 4.39 Å². The highest BCUT2D eigenvalue weighted by molar-refractivity contribution is 7.89. The zero-order valence-corrected chi connectivity index (χ0v) is 21.2. The van der Waals surface area contributed by atoms with Crippen molar-refractivity contribution >= 4 is 38.5 Å². The number of fused-ring (bicyclic) bond motifs is 1. The van der Waals surface area contributed by atoms with Gasteiger partial charge in [0.25, 0.3) is 11.8 Å². The molecule has 0 N–H and O–H groups in total. The van der Waals surface area contributed by atoms with Crippen molar-refractivity contribution in [1.29, 1.82) is 0 Å². The van der Waals surface area contributed by atoms with Gasteiger partial charge in [-0.1, -0.05) is 12.1 Å².